The monoisotopic (exact) mass is 388 g/mol. The molecule has 1 saturated heterocycles. The van der Waals surface area contributed by atoms with Crippen LogP contribution in [0.1, 0.15) is 18.7 Å². The van der Waals surface area contributed by atoms with Gasteiger partial charge in [0, 0.05) is 44.2 Å². The normalized spacial score (nSPS) is 14.6. The molecule has 0 unspecified atom stereocenters. The standard InChI is InChI=1S/C20H28N4O4/c1-14-21-7-10-24(14)13-15-5-8-23(9-6-15)20(25)22-16-11-17(26-2)19(28-4)18(12-16)27-3/h7,10-12,15H,5-6,8-9,13H2,1-4H3,(H,22,25). The van der Waals surface area contributed by atoms with Crippen LogP contribution >= 0.6 is 0 Å². The second-order valence-electron chi connectivity index (χ2n) is 6.90. The Morgan fingerprint density at radius 3 is 2.29 bits per heavy atom. The van der Waals surface area contributed by atoms with Gasteiger partial charge in [-0.2, -0.15) is 0 Å². The number of rotatable bonds is 6. The second-order valence-corrected chi connectivity index (χ2v) is 6.90. The van der Waals surface area contributed by atoms with Crippen LogP contribution in [0, 0.1) is 12.8 Å². The highest BCUT2D eigenvalue weighted by Gasteiger charge is 2.24. The number of piperidine rings is 1. The first-order chi connectivity index (χ1) is 13.5. The van der Waals surface area contributed by atoms with Crippen LogP contribution in [0.15, 0.2) is 24.5 Å². The van der Waals surface area contributed by atoms with E-state index in [1.807, 2.05) is 24.2 Å². The lowest BCUT2D eigenvalue weighted by Crippen LogP contribution is -2.41. The molecule has 3 rings (SSSR count). The van der Waals surface area contributed by atoms with E-state index in [1.165, 1.54) is 0 Å². The van der Waals surface area contributed by atoms with Gasteiger partial charge in [-0.05, 0) is 25.7 Å². The molecule has 0 atom stereocenters. The molecule has 0 bridgehead atoms. The Morgan fingerprint density at radius 2 is 1.79 bits per heavy atom. The first kappa shape index (κ1) is 19.9. The van der Waals surface area contributed by atoms with E-state index in [9.17, 15) is 4.79 Å². The Morgan fingerprint density at radius 1 is 1.14 bits per heavy atom. The van der Waals surface area contributed by atoms with Crippen LogP contribution in [-0.4, -0.2) is 54.9 Å². The SMILES string of the molecule is COc1cc(NC(=O)N2CCC(Cn3ccnc3C)CC2)cc(OC)c1OC. The largest absolute Gasteiger partial charge is 0.493 e. The fourth-order valence-corrected chi connectivity index (χ4v) is 3.55. The highest BCUT2D eigenvalue weighted by Crippen LogP contribution is 2.40. The third-order valence-corrected chi connectivity index (χ3v) is 5.20. The van der Waals surface area contributed by atoms with Crippen molar-refractivity contribution in [3.8, 4) is 17.2 Å². The first-order valence-electron chi connectivity index (χ1n) is 9.39. The topological polar surface area (TPSA) is 77.9 Å². The molecule has 1 aliphatic rings. The van der Waals surface area contributed by atoms with Gasteiger partial charge in [-0.1, -0.05) is 0 Å². The lowest BCUT2D eigenvalue weighted by Gasteiger charge is -2.32. The van der Waals surface area contributed by atoms with E-state index in [0.717, 1.165) is 38.3 Å². The quantitative estimate of drug-likeness (QED) is 0.822. The third-order valence-electron chi connectivity index (χ3n) is 5.20. The number of anilines is 1. The van der Waals surface area contributed by atoms with E-state index in [0.29, 0.717) is 28.9 Å². The van der Waals surface area contributed by atoms with Crippen LogP contribution in [0.5, 0.6) is 17.2 Å². The Kier molecular flexibility index (Phi) is 6.28. The van der Waals surface area contributed by atoms with Crippen LogP contribution in [0.2, 0.25) is 0 Å². The molecule has 1 aromatic carbocycles. The van der Waals surface area contributed by atoms with Crippen LogP contribution in [0.25, 0.3) is 0 Å². The number of nitrogens with one attached hydrogen (secondary N) is 1. The van der Waals surface area contributed by atoms with Crippen molar-refractivity contribution < 1.29 is 19.0 Å². The van der Waals surface area contributed by atoms with Crippen molar-refractivity contribution >= 4 is 11.7 Å². The van der Waals surface area contributed by atoms with Crippen molar-refractivity contribution in [3.63, 3.8) is 0 Å². The summed E-state index contributed by atoms with van der Waals surface area (Å²) in [5.41, 5.74) is 0.607. The van der Waals surface area contributed by atoms with Crippen molar-refractivity contribution in [2.45, 2.75) is 26.3 Å². The lowest BCUT2D eigenvalue weighted by atomic mass is 9.97. The molecule has 0 radical (unpaired) electrons. The van der Waals surface area contributed by atoms with E-state index in [2.05, 4.69) is 14.9 Å². The van der Waals surface area contributed by atoms with Crippen LogP contribution in [0.3, 0.4) is 0 Å². The molecule has 0 saturated carbocycles. The predicted octanol–water partition coefficient (Wildman–Crippen LogP) is 3.16. The molecular formula is C20H28N4O4. The molecule has 1 fully saturated rings. The van der Waals surface area contributed by atoms with Gasteiger partial charge in [0.05, 0.1) is 27.0 Å². The van der Waals surface area contributed by atoms with Gasteiger partial charge in [0.1, 0.15) is 5.82 Å². The number of hydrogen-bond acceptors (Lipinski definition) is 5. The third kappa shape index (κ3) is 4.32. The molecule has 0 aliphatic carbocycles. The molecule has 1 N–H and O–H groups in total. The summed E-state index contributed by atoms with van der Waals surface area (Å²) in [4.78, 5) is 18.8. The van der Waals surface area contributed by atoms with Crippen molar-refractivity contribution in [3.05, 3.63) is 30.4 Å². The number of ether oxygens (including phenoxy) is 3. The molecule has 2 heterocycles. The Balaban J connectivity index is 1.59. The number of nitrogens with zero attached hydrogens (tertiary/aromatic N) is 3. The smallest absolute Gasteiger partial charge is 0.321 e. The summed E-state index contributed by atoms with van der Waals surface area (Å²) >= 11 is 0. The van der Waals surface area contributed by atoms with Gasteiger partial charge in [-0.15, -0.1) is 0 Å². The average molecular weight is 388 g/mol. The summed E-state index contributed by atoms with van der Waals surface area (Å²) in [7, 11) is 4.65. The van der Waals surface area contributed by atoms with Crippen LogP contribution in [-0.2, 0) is 6.54 Å². The number of aryl methyl sites for hydroxylation is 1. The fourth-order valence-electron chi connectivity index (χ4n) is 3.55. The van der Waals surface area contributed by atoms with Gasteiger partial charge in [-0.25, -0.2) is 9.78 Å². The molecular weight excluding hydrogens is 360 g/mol. The van der Waals surface area contributed by atoms with E-state index in [1.54, 1.807) is 33.5 Å². The van der Waals surface area contributed by atoms with E-state index in [-0.39, 0.29) is 6.03 Å². The zero-order valence-corrected chi connectivity index (χ0v) is 16.9. The predicted molar refractivity (Wildman–Crippen MR) is 106 cm³/mol. The number of benzene rings is 1. The van der Waals surface area contributed by atoms with Crippen molar-refractivity contribution in [1.82, 2.24) is 14.5 Å². The molecule has 8 heteroatoms. The molecule has 2 amide bonds. The molecule has 152 valence electrons. The van der Waals surface area contributed by atoms with Gasteiger partial charge < -0.3 is 29.0 Å². The minimum atomic E-state index is -0.119. The molecule has 1 aromatic heterocycles. The second kappa shape index (κ2) is 8.86. The number of amides is 2. The summed E-state index contributed by atoms with van der Waals surface area (Å²) in [6, 6.07) is 3.34. The highest BCUT2D eigenvalue weighted by atomic mass is 16.5. The number of aromatic nitrogens is 2. The molecule has 2 aromatic rings. The van der Waals surface area contributed by atoms with Crippen LogP contribution < -0.4 is 19.5 Å². The Hall–Kier alpha value is -2.90. The zero-order chi connectivity index (χ0) is 20.1. The molecule has 1 aliphatic heterocycles. The number of imidazole rings is 1. The minimum absolute atomic E-state index is 0.119. The Labute approximate surface area is 165 Å². The molecule has 0 spiro atoms. The zero-order valence-electron chi connectivity index (χ0n) is 16.9. The van der Waals surface area contributed by atoms with Crippen LogP contribution in [0.4, 0.5) is 10.5 Å². The number of carbonyl (C=O) groups excluding carboxylic acids is 1. The van der Waals surface area contributed by atoms with Gasteiger partial charge >= 0.3 is 6.03 Å². The van der Waals surface area contributed by atoms with Gasteiger partial charge in [0.15, 0.2) is 11.5 Å². The van der Waals surface area contributed by atoms with Gasteiger partial charge in [-0.3, -0.25) is 0 Å². The molecule has 28 heavy (non-hydrogen) atoms. The number of hydrogen-bond donors (Lipinski definition) is 1. The van der Waals surface area contributed by atoms with E-state index >= 15 is 0 Å². The minimum Gasteiger partial charge on any atom is -0.493 e. The van der Waals surface area contributed by atoms with Gasteiger partial charge in [0.2, 0.25) is 5.75 Å². The summed E-state index contributed by atoms with van der Waals surface area (Å²) in [5.74, 6) is 3.09. The average Bonchev–Trinajstić information content (AvgIpc) is 3.12. The maximum absolute atomic E-state index is 12.7. The number of carbonyl (C=O) groups is 1. The van der Waals surface area contributed by atoms with E-state index < -0.39 is 0 Å². The number of likely N-dealkylation sites (tertiary alicyclic amines) is 1. The Bertz CT molecular complexity index is 787. The fraction of sp³-hybridized carbons (Fsp3) is 0.500. The summed E-state index contributed by atoms with van der Waals surface area (Å²) < 4.78 is 18.2. The lowest BCUT2D eigenvalue weighted by molar-refractivity contribution is 0.176. The maximum atomic E-state index is 12.7. The van der Waals surface area contributed by atoms with Gasteiger partial charge in [0.25, 0.3) is 0 Å². The van der Waals surface area contributed by atoms with Crippen molar-refractivity contribution in [2.75, 3.05) is 39.7 Å². The molecule has 8 nitrogen and oxygen atoms in total. The summed E-state index contributed by atoms with van der Waals surface area (Å²) in [5, 5.41) is 2.94. The van der Waals surface area contributed by atoms with Crippen molar-refractivity contribution in [2.24, 2.45) is 5.92 Å². The summed E-state index contributed by atoms with van der Waals surface area (Å²) in [6.45, 7) is 4.43. The van der Waals surface area contributed by atoms with Crippen molar-refractivity contribution in [1.29, 1.82) is 0 Å². The first-order valence-corrected chi connectivity index (χ1v) is 9.39. The summed E-state index contributed by atoms with van der Waals surface area (Å²) in [6.07, 6.45) is 5.79. The maximum Gasteiger partial charge on any atom is 0.321 e. The number of methoxy groups -OCH3 is 3. The highest BCUT2D eigenvalue weighted by molar-refractivity contribution is 5.90. The van der Waals surface area contributed by atoms with E-state index in [4.69, 9.17) is 14.2 Å². The number of urea groups is 1.